The van der Waals surface area contributed by atoms with Gasteiger partial charge in [0.05, 0.1) is 6.54 Å². The number of carbonyl (C=O) groups excluding carboxylic acids is 1. The van der Waals surface area contributed by atoms with Crippen LogP contribution in [-0.2, 0) is 17.8 Å². The van der Waals surface area contributed by atoms with Crippen molar-refractivity contribution in [3.8, 4) is 0 Å². The Kier molecular flexibility index (Phi) is 4.70. The van der Waals surface area contributed by atoms with E-state index in [2.05, 4.69) is 15.4 Å². The fourth-order valence-electron chi connectivity index (χ4n) is 3.13. The molecule has 0 saturated heterocycles. The molecule has 0 bridgehead atoms. The minimum Gasteiger partial charge on any atom is -0.361 e. The van der Waals surface area contributed by atoms with Gasteiger partial charge in [0.15, 0.2) is 5.82 Å². The topological polar surface area (TPSA) is 62.7 Å². The van der Waals surface area contributed by atoms with Crippen LogP contribution in [-0.4, -0.2) is 20.7 Å². The lowest BCUT2D eigenvalue weighted by Gasteiger charge is -2.03. The third kappa shape index (κ3) is 4.06. The number of aromatic amines is 1. The molecule has 27 heavy (non-hydrogen) atoms. The SMILES string of the molecule is O=C(CCc1c[nH]c2ccccc12)Nc1ccn(Cc2cccc(F)c2)n1. The van der Waals surface area contributed by atoms with Gasteiger partial charge in [-0.05, 0) is 35.7 Å². The number of nitrogens with zero attached hydrogens (tertiary/aromatic N) is 2. The van der Waals surface area contributed by atoms with Crippen molar-refractivity contribution in [2.45, 2.75) is 19.4 Å². The molecular weight excluding hydrogens is 343 g/mol. The van der Waals surface area contributed by atoms with Crippen molar-refractivity contribution >= 4 is 22.6 Å². The first kappa shape index (κ1) is 17.0. The van der Waals surface area contributed by atoms with Gasteiger partial charge in [0.25, 0.3) is 0 Å². The first-order valence-corrected chi connectivity index (χ1v) is 8.80. The van der Waals surface area contributed by atoms with Gasteiger partial charge in [0, 0.05) is 35.8 Å². The van der Waals surface area contributed by atoms with E-state index in [-0.39, 0.29) is 11.7 Å². The number of amides is 1. The molecule has 0 saturated carbocycles. The molecular formula is C21H19FN4O. The number of hydrogen-bond acceptors (Lipinski definition) is 2. The maximum atomic E-state index is 13.3. The second kappa shape index (κ2) is 7.45. The third-order valence-corrected chi connectivity index (χ3v) is 4.44. The standard InChI is InChI=1S/C21H19FN4O/c22-17-5-3-4-15(12-17)14-26-11-10-20(25-26)24-21(27)9-8-16-13-23-19-7-2-1-6-18(16)19/h1-7,10-13,23H,8-9,14H2,(H,24,25,27). The number of nitrogens with one attached hydrogen (secondary N) is 2. The first-order chi connectivity index (χ1) is 13.2. The lowest BCUT2D eigenvalue weighted by Crippen LogP contribution is -2.13. The molecule has 1 amide bonds. The highest BCUT2D eigenvalue weighted by Crippen LogP contribution is 2.19. The number of carbonyl (C=O) groups is 1. The molecule has 2 heterocycles. The molecule has 0 aliphatic heterocycles. The lowest BCUT2D eigenvalue weighted by atomic mass is 10.1. The van der Waals surface area contributed by atoms with E-state index in [0.29, 0.717) is 25.2 Å². The van der Waals surface area contributed by atoms with Gasteiger partial charge in [-0.3, -0.25) is 9.48 Å². The molecule has 2 N–H and O–H groups in total. The van der Waals surface area contributed by atoms with E-state index in [1.54, 1.807) is 23.0 Å². The van der Waals surface area contributed by atoms with Crippen molar-refractivity contribution < 1.29 is 9.18 Å². The van der Waals surface area contributed by atoms with Crippen LogP contribution in [0.5, 0.6) is 0 Å². The Morgan fingerprint density at radius 2 is 2.04 bits per heavy atom. The first-order valence-electron chi connectivity index (χ1n) is 8.80. The van der Waals surface area contributed by atoms with Gasteiger partial charge < -0.3 is 10.3 Å². The molecule has 2 aromatic carbocycles. The molecule has 0 fully saturated rings. The molecule has 4 rings (SSSR count). The largest absolute Gasteiger partial charge is 0.361 e. The Morgan fingerprint density at radius 1 is 1.15 bits per heavy atom. The molecule has 0 aliphatic carbocycles. The summed E-state index contributed by atoms with van der Waals surface area (Å²) < 4.78 is 14.9. The van der Waals surface area contributed by atoms with Gasteiger partial charge in [-0.1, -0.05) is 30.3 Å². The Balaban J connectivity index is 1.34. The van der Waals surface area contributed by atoms with Gasteiger partial charge >= 0.3 is 0 Å². The number of rotatable bonds is 6. The van der Waals surface area contributed by atoms with Crippen molar-refractivity contribution in [2.75, 3.05) is 5.32 Å². The van der Waals surface area contributed by atoms with Crippen molar-refractivity contribution in [3.63, 3.8) is 0 Å². The predicted octanol–water partition coefficient (Wildman–Crippen LogP) is 4.12. The van der Waals surface area contributed by atoms with Gasteiger partial charge in [0.1, 0.15) is 5.82 Å². The number of fused-ring (bicyclic) bond motifs is 1. The van der Waals surface area contributed by atoms with E-state index < -0.39 is 0 Å². The summed E-state index contributed by atoms with van der Waals surface area (Å²) in [6, 6.07) is 16.2. The number of benzene rings is 2. The number of anilines is 1. The smallest absolute Gasteiger partial charge is 0.225 e. The summed E-state index contributed by atoms with van der Waals surface area (Å²) in [4.78, 5) is 15.5. The zero-order valence-electron chi connectivity index (χ0n) is 14.7. The van der Waals surface area contributed by atoms with Crippen molar-refractivity contribution in [1.82, 2.24) is 14.8 Å². The maximum absolute atomic E-state index is 13.3. The maximum Gasteiger partial charge on any atom is 0.225 e. The minimum absolute atomic E-state index is 0.0868. The average molecular weight is 362 g/mol. The molecule has 0 atom stereocenters. The normalized spacial score (nSPS) is 11.0. The summed E-state index contributed by atoms with van der Waals surface area (Å²) in [5.74, 6) is 0.136. The Bertz CT molecular complexity index is 1080. The monoisotopic (exact) mass is 362 g/mol. The van der Waals surface area contributed by atoms with Crippen molar-refractivity contribution in [3.05, 3.63) is 83.9 Å². The summed E-state index contributed by atoms with van der Waals surface area (Å²) >= 11 is 0. The summed E-state index contributed by atoms with van der Waals surface area (Å²) in [5, 5.41) is 8.28. The molecule has 136 valence electrons. The van der Waals surface area contributed by atoms with Gasteiger partial charge in [-0.15, -0.1) is 0 Å². The zero-order chi connectivity index (χ0) is 18.6. The van der Waals surface area contributed by atoms with E-state index in [1.807, 2.05) is 36.5 Å². The molecule has 5 nitrogen and oxygen atoms in total. The Hall–Kier alpha value is -3.41. The number of aromatic nitrogens is 3. The van der Waals surface area contributed by atoms with E-state index in [4.69, 9.17) is 0 Å². The summed E-state index contributed by atoms with van der Waals surface area (Å²) in [5.41, 5.74) is 3.01. The second-order valence-corrected chi connectivity index (χ2v) is 6.44. The van der Waals surface area contributed by atoms with Gasteiger partial charge in [0.2, 0.25) is 5.91 Å². The van der Waals surface area contributed by atoms with E-state index in [9.17, 15) is 9.18 Å². The minimum atomic E-state index is -0.273. The molecule has 0 spiro atoms. The van der Waals surface area contributed by atoms with Crippen molar-refractivity contribution in [2.24, 2.45) is 0 Å². The number of H-pyrrole nitrogens is 1. The van der Waals surface area contributed by atoms with E-state index in [1.165, 1.54) is 12.1 Å². The fourth-order valence-corrected chi connectivity index (χ4v) is 3.13. The van der Waals surface area contributed by atoms with Crippen LogP contribution in [0.2, 0.25) is 0 Å². The van der Waals surface area contributed by atoms with Crippen LogP contribution in [0.1, 0.15) is 17.5 Å². The van der Waals surface area contributed by atoms with Crippen LogP contribution in [0.4, 0.5) is 10.2 Å². The predicted molar refractivity (Wildman–Crippen MR) is 103 cm³/mol. The van der Waals surface area contributed by atoms with E-state index >= 15 is 0 Å². The molecule has 0 aliphatic rings. The molecule has 2 aromatic heterocycles. The number of para-hydroxylation sites is 1. The van der Waals surface area contributed by atoms with Crippen LogP contribution >= 0.6 is 0 Å². The zero-order valence-corrected chi connectivity index (χ0v) is 14.7. The Labute approximate surface area is 155 Å². The highest BCUT2D eigenvalue weighted by Gasteiger charge is 2.09. The summed E-state index contributed by atoms with van der Waals surface area (Å²) in [6.07, 6.45) is 4.74. The summed E-state index contributed by atoms with van der Waals surface area (Å²) in [7, 11) is 0. The van der Waals surface area contributed by atoms with Crippen LogP contribution in [0.3, 0.4) is 0 Å². The fraction of sp³-hybridized carbons (Fsp3) is 0.143. The van der Waals surface area contributed by atoms with Gasteiger partial charge in [-0.25, -0.2) is 4.39 Å². The molecule has 0 radical (unpaired) electrons. The highest BCUT2D eigenvalue weighted by molar-refractivity contribution is 5.90. The van der Waals surface area contributed by atoms with Gasteiger partial charge in [-0.2, -0.15) is 5.10 Å². The summed E-state index contributed by atoms with van der Waals surface area (Å²) in [6.45, 7) is 0.447. The highest BCUT2D eigenvalue weighted by atomic mass is 19.1. The van der Waals surface area contributed by atoms with Crippen molar-refractivity contribution in [1.29, 1.82) is 0 Å². The average Bonchev–Trinajstić information content (AvgIpc) is 3.27. The van der Waals surface area contributed by atoms with Crippen LogP contribution in [0.15, 0.2) is 67.0 Å². The van der Waals surface area contributed by atoms with Crippen LogP contribution in [0.25, 0.3) is 10.9 Å². The Morgan fingerprint density at radius 3 is 2.93 bits per heavy atom. The number of aryl methyl sites for hydroxylation is 1. The quantitative estimate of drug-likeness (QED) is 0.542. The van der Waals surface area contributed by atoms with Crippen LogP contribution < -0.4 is 5.32 Å². The number of halogens is 1. The molecule has 0 unspecified atom stereocenters. The molecule has 4 aromatic rings. The number of hydrogen-bond donors (Lipinski definition) is 2. The van der Waals surface area contributed by atoms with Crippen LogP contribution in [0, 0.1) is 5.82 Å². The lowest BCUT2D eigenvalue weighted by molar-refractivity contribution is -0.116. The molecule has 6 heteroatoms. The van der Waals surface area contributed by atoms with E-state index in [0.717, 1.165) is 22.0 Å². The third-order valence-electron chi connectivity index (χ3n) is 4.44. The second-order valence-electron chi connectivity index (χ2n) is 6.44.